The van der Waals surface area contributed by atoms with E-state index in [2.05, 4.69) is 0 Å². The molecule has 15 heavy (non-hydrogen) atoms. The monoisotopic (exact) mass is 235 g/mol. The van der Waals surface area contributed by atoms with E-state index in [1.807, 2.05) is 4.67 Å². The Bertz CT molecular complexity index is 205. The predicted octanol–water partition coefficient (Wildman–Crippen LogP) is 3.04. The van der Waals surface area contributed by atoms with Crippen molar-refractivity contribution in [2.75, 3.05) is 27.3 Å². The number of nitrogens with zero attached hydrogens (tertiary/aromatic N) is 1. The fourth-order valence-corrected chi connectivity index (χ4v) is 3.34. The highest BCUT2D eigenvalue weighted by molar-refractivity contribution is 7.51. The standard InChI is InChI=1S/C10H22NO3P/c1-13-15(12,14-2)11-9-7-5-3-4-6-8-10-11/h3-10H2,1-2H3. The molecule has 0 unspecified atom stereocenters. The summed E-state index contributed by atoms with van der Waals surface area (Å²) in [6, 6.07) is 0. The van der Waals surface area contributed by atoms with E-state index in [0.717, 1.165) is 25.9 Å². The smallest absolute Gasteiger partial charge is 0.300 e. The zero-order valence-corrected chi connectivity index (χ0v) is 10.7. The minimum Gasteiger partial charge on any atom is -0.300 e. The molecule has 1 aliphatic heterocycles. The van der Waals surface area contributed by atoms with E-state index in [4.69, 9.17) is 9.05 Å². The molecule has 0 aromatic carbocycles. The van der Waals surface area contributed by atoms with Gasteiger partial charge in [0.15, 0.2) is 0 Å². The maximum Gasteiger partial charge on any atom is 0.407 e. The predicted molar refractivity (Wildman–Crippen MR) is 60.9 cm³/mol. The first-order valence-corrected chi connectivity index (χ1v) is 7.19. The van der Waals surface area contributed by atoms with Crippen molar-refractivity contribution in [2.45, 2.75) is 38.5 Å². The fraction of sp³-hybridized carbons (Fsp3) is 1.00. The first kappa shape index (κ1) is 13.2. The van der Waals surface area contributed by atoms with Crippen LogP contribution < -0.4 is 0 Å². The van der Waals surface area contributed by atoms with E-state index in [1.165, 1.54) is 39.9 Å². The number of hydrogen-bond donors (Lipinski definition) is 0. The van der Waals surface area contributed by atoms with Crippen molar-refractivity contribution in [3.8, 4) is 0 Å². The summed E-state index contributed by atoms with van der Waals surface area (Å²) in [6.45, 7) is 1.64. The number of hydrogen-bond acceptors (Lipinski definition) is 3. The van der Waals surface area contributed by atoms with Gasteiger partial charge in [0.1, 0.15) is 0 Å². The van der Waals surface area contributed by atoms with Gasteiger partial charge in [-0.25, -0.2) is 9.24 Å². The lowest BCUT2D eigenvalue weighted by Gasteiger charge is -2.27. The van der Waals surface area contributed by atoms with Gasteiger partial charge in [-0.15, -0.1) is 0 Å². The molecule has 0 saturated carbocycles. The van der Waals surface area contributed by atoms with Crippen molar-refractivity contribution in [3.63, 3.8) is 0 Å². The van der Waals surface area contributed by atoms with Crippen LogP contribution in [0.25, 0.3) is 0 Å². The van der Waals surface area contributed by atoms with Gasteiger partial charge >= 0.3 is 7.75 Å². The molecule has 0 atom stereocenters. The largest absolute Gasteiger partial charge is 0.407 e. The molecule has 1 heterocycles. The van der Waals surface area contributed by atoms with E-state index in [1.54, 1.807) is 0 Å². The minimum absolute atomic E-state index is 0.818. The second-order valence-corrected chi connectivity index (χ2v) is 6.14. The summed E-state index contributed by atoms with van der Waals surface area (Å²) in [5.41, 5.74) is 0. The van der Waals surface area contributed by atoms with Gasteiger partial charge in [0.2, 0.25) is 0 Å². The van der Waals surface area contributed by atoms with Crippen LogP contribution in [0.4, 0.5) is 0 Å². The van der Waals surface area contributed by atoms with Crippen molar-refractivity contribution >= 4 is 7.75 Å². The van der Waals surface area contributed by atoms with Crippen LogP contribution in [0.2, 0.25) is 0 Å². The van der Waals surface area contributed by atoms with Crippen molar-refractivity contribution < 1.29 is 13.6 Å². The quantitative estimate of drug-likeness (QED) is 0.705. The van der Waals surface area contributed by atoms with E-state index in [-0.39, 0.29) is 0 Å². The molecule has 0 radical (unpaired) electrons. The minimum atomic E-state index is -2.99. The Morgan fingerprint density at radius 2 is 1.27 bits per heavy atom. The third kappa shape index (κ3) is 3.87. The third-order valence-corrected chi connectivity index (χ3v) is 4.91. The van der Waals surface area contributed by atoms with Crippen molar-refractivity contribution in [1.82, 2.24) is 4.67 Å². The topological polar surface area (TPSA) is 38.8 Å². The Hall–Kier alpha value is 0.110. The fourth-order valence-electron chi connectivity index (χ4n) is 1.96. The summed E-state index contributed by atoms with van der Waals surface area (Å²) in [4.78, 5) is 0. The van der Waals surface area contributed by atoms with Crippen LogP contribution >= 0.6 is 7.75 Å². The van der Waals surface area contributed by atoms with Crippen LogP contribution in [0, 0.1) is 0 Å². The summed E-state index contributed by atoms with van der Waals surface area (Å²) < 4.78 is 24.1. The van der Waals surface area contributed by atoms with Crippen LogP contribution in [-0.4, -0.2) is 32.0 Å². The van der Waals surface area contributed by atoms with Crippen molar-refractivity contribution in [2.24, 2.45) is 0 Å². The highest BCUT2D eigenvalue weighted by Gasteiger charge is 2.30. The molecule has 1 rings (SSSR count). The lowest BCUT2D eigenvalue weighted by Crippen LogP contribution is -2.24. The third-order valence-electron chi connectivity index (χ3n) is 2.89. The van der Waals surface area contributed by atoms with Gasteiger partial charge < -0.3 is 0 Å². The molecule has 0 spiro atoms. The van der Waals surface area contributed by atoms with Crippen LogP contribution in [0.15, 0.2) is 0 Å². The molecule has 1 fully saturated rings. The zero-order chi connectivity index (χ0) is 11.1. The first-order chi connectivity index (χ1) is 7.23. The Labute approximate surface area is 92.5 Å². The second-order valence-electron chi connectivity index (χ2n) is 3.91. The molecule has 0 N–H and O–H groups in total. The van der Waals surface area contributed by atoms with Gasteiger partial charge in [-0.05, 0) is 12.8 Å². The Kier molecular flexibility index (Phi) is 5.83. The average Bonchev–Trinajstić information content (AvgIpc) is 2.41. The highest BCUT2D eigenvalue weighted by Crippen LogP contribution is 2.50. The van der Waals surface area contributed by atoms with Crippen molar-refractivity contribution in [3.05, 3.63) is 0 Å². The maximum absolute atomic E-state index is 12.2. The Morgan fingerprint density at radius 3 is 1.67 bits per heavy atom. The highest BCUT2D eigenvalue weighted by atomic mass is 31.2. The van der Waals surface area contributed by atoms with Crippen LogP contribution in [0.5, 0.6) is 0 Å². The molecule has 0 aromatic heterocycles. The summed E-state index contributed by atoms with van der Waals surface area (Å²) in [5.74, 6) is 0. The molecular formula is C10H22NO3P. The normalized spacial score (nSPS) is 21.7. The van der Waals surface area contributed by atoms with E-state index in [0.29, 0.717) is 0 Å². The van der Waals surface area contributed by atoms with Gasteiger partial charge in [-0.2, -0.15) is 0 Å². The summed E-state index contributed by atoms with van der Waals surface area (Å²) in [7, 11) is -0.0790. The van der Waals surface area contributed by atoms with Crippen LogP contribution in [0.1, 0.15) is 38.5 Å². The summed E-state index contributed by atoms with van der Waals surface area (Å²) in [6.07, 6.45) is 7.16. The summed E-state index contributed by atoms with van der Waals surface area (Å²) in [5, 5.41) is 0. The SMILES string of the molecule is COP(=O)(OC)N1CCCCCCCC1. The molecule has 4 nitrogen and oxygen atoms in total. The molecule has 90 valence electrons. The molecule has 1 saturated heterocycles. The van der Waals surface area contributed by atoms with Gasteiger partial charge in [0, 0.05) is 27.3 Å². The zero-order valence-electron chi connectivity index (χ0n) is 9.78. The van der Waals surface area contributed by atoms with Gasteiger partial charge in [0.05, 0.1) is 0 Å². The molecule has 0 bridgehead atoms. The Morgan fingerprint density at radius 1 is 0.867 bits per heavy atom. The first-order valence-electron chi connectivity index (χ1n) is 5.70. The van der Waals surface area contributed by atoms with E-state index in [9.17, 15) is 4.57 Å². The van der Waals surface area contributed by atoms with Crippen LogP contribution in [-0.2, 0) is 13.6 Å². The lowest BCUT2D eigenvalue weighted by molar-refractivity contribution is 0.206. The molecule has 5 heteroatoms. The van der Waals surface area contributed by atoms with Crippen LogP contribution in [0.3, 0.4) is 0 Å². The lowest BCUT2D eigenvalue weighted by atomic mass is 10.1. The van der Waals surface area contributed by atoms with E-state index >= 15 is 0 Å². The molecule has 0 aromatic rings. The molecule has 1 aliphatic rings. The molecular weight excluding hydrogens is 213 g/mol. The van der Waals surface area contributed by atoms with Gasteiger partial charge in [0.25, 0.3) is 0 Å². The molecule has 0 amide bonds. The Balaban J connectivity index is 2.59. The number of rotatable bonds is 3. The maximum atomic E-state index is 12.2. The van der Waals surface area contributed by atoms with Gasteiger partial charge in [-0.3, -0.25) is 9.05 Å². The van der Waals surface area contributed by atoms with Gasteiger partial charge in [-0.1, -0.05) is 25.7 Å². The summed E-state index contributed by atoms with van der Waals surface area (Å²) >= 11 is 0. The van der Waals surface area contributed by atoms with Crippen molar-refractivity contribution in [1.29, 1.82) is 0 Å². The molecule has 0 aliphatic carbocycles. The van der Waals surface area contributed by atoms with E-state index < -0.39 is 7.75 Å². The second kappa shape index (κ2) is 6.64. The average molecular weight is 235 g/mol.